The second kappa shape index (κ2) is 6.77. The first kappa shape index (κ1) is 14.2. The molecule has 1 atom stereocenters. The fourth-order valence-electron chi connectivity index (χ4n) is 1.59. The van der Waals surface area contributed by atoms with Gasteiger partial charge in [0, 0.05) is 18.0 Å². The van der Waals surface area contributed by atoms with E-state index < -0.39 is 0 Å². The van der Waals surface area contributed by atoms with Crippen LogP contribution in [0.25, 0.3) is 0 Å². The molecule has 1 amide bonds. The second-order valence-corrected chi connectivity index (χ2v) is 4.67. The summed E-state index contributed by atoms with van der Waals surface area (Å²) in [5.74, 6) is -0.0484. The molecule has 0 saturated carbocycles. The lowest BCUT2D eigenvalue weighted by Gasteiger charge is -2.16. The van der Waals surface area contributed by atoms with E-state index in [-0.39, 0.29) is 11.9 Å². The predicted molar refractivity (Wildman–Crippen MR) is 72.8 cm³/mol. The third kappa shape index (κ3) is 3.82. The summed E-state index contributed by atoms with van der Waals surface area (Å²) in [5.41, 5.74) is 2.88. The van der Waals surface area contributed by atoms with E-state index in [9.17, 15) is 4.79 Å². The Morgan fingerprint density at radius 2 is 2.18 bits per heavy atom. The molecular formula is C13H18BrNO2. The molecule has 0 heterocycles. The molecule has 0 saturated heterocycles. The highest BCUT2D eigenvalue weighted by Gasteiger charge is 2.14. The highest BCUT2D eigenvalue weighted by Crippen LogP contribution is 2.12. The molecule has 0 aliphatic heterocycles. The molecule has 1 unspecified atom stereocenters. The molecule has 94 valence electrons. The average Bonchev–Trinajstić information content (AvgIpc) is 2.31. The van der Waals surface area contributed by atoms with E-state index in [0.29, 0.717) is 11.9 Å². The Hall–Kier alpha value is -0.870. The zero-order valence-corrected chi connectivity index (χ0v) is 12.0. The molecule has 3 nitrogen and oxygen atoms in total. The number of hydrogen-bond donors (Lipinski definition) is 1. The van der Waals surface area contributed by atoms with Gasteiger partial charge in [-0.1, -0.05) is 28.1 Å². The van der Waals surface area contributed by atoms with E-state index in [0.717, 1.165) is 16.7 Å². The molecule has 1 rings (SSSR count). The van der Waals surface area contributed by atoms with Gasteiger partial charge < -0.3 is 10.1 Å². The second-order valence-electron chi connectivity index (χ2n) is 4.03. The van der Waals surface area contributed by atoms with Crippen molar-refractivity contribution in [2.24, 2.45) is 0 Å². The van der Waals surface area contributed by atoms with Crippen molar-refractivity contribution in [1.29, 1.82) is 0 Å². The first-order chi connectivity index (χ1) is 8.10. The topological polar surface area (TPSA) is 38.3 Å². The standard InChI is InChI=1S/C13H18BrNO2/c1-9-5-4-6-12(10(9)2)13(16)15-11(7-14)8-17-3/h4-6,11H,7-8H2,1-3H3,(H,15,16). The first-order valence-electron chi connectivity index (χ1n) is 5.52. The molecule has 0 radical (unpaired) electrons. The molecule has 4 heteroatoms. The van der Waals surface area contributed by atoms with E-state index in [1.807, 2.05) is 32.0 Å². The molecule has 0 aliphatic rings. The number of rotatable bonds is 5. The number of methoxy groups -OCH3 is 1. The Morgan fingerprint density at radius 1 is 1.47 bits per heavy atom. The van der Waals surface area contributed by atoms with Gasteiger partial charge in [0.15, 0.2) is 0 Å². The molecular weight excluding hydrogens is 282 g/mol. The molecule has 1 aromatic carbocycles. The lowest BCUT2D eigenvalue weighted by molar-refractivity contribution is 0.0907. The van der Waals surface area contributed by atoms with Gasteiger partial charge in [0.05, 0.1) is 12.6 Å². The van der Waals surface area contributed by atoms with Gasteiger partial charge in [-0.25, -0.2) is 0 Å². The van der Waals surface area contributed by atoms with E-state index in [2.05, 4.69) is 21.2 Å². The number of ether oxygens (including phenoxy) is 1. The maximum absolute atomic E-state index is 12.1. The summed E-state index contributed by atoms with van der Waals surface area (Å²) in [7, 11) is 1.62. The maximum Gasteiger partial charge on any atom is 0.251 e. The number of amides is 1. The van der Waals surface area contributed by atoms with Gasteiger partial charge in [-0.2, -0.15) is 0 Å². The number of halogens is 1. The van der Waals surface area contributed by atoms with Crippen molar-refractivity contribution in [2.75, 3.05) is 19.0 Å². The molecule has 0 spiro atoms. The van der Waals surface area contributed by atoms with Crippen LogP contribution in [-0.2, 0) is 4.74 Å². The third-order valence-corrected chi connectivity index (χ3v) is 3.52. The first-order valence-corrected chi connectivity index (χ1v) is 6.64. The van der Waals surface area contributed by atoms with Crippen molar-refractivity contribution in [3.63, 3.8) is 0 Å². The Labute approximate surface area is 111 Å². The number of nitrogens with one attached hydrogen (secondary N) is 1. The van der Waals surface area contributed by atoms with Crippen LogP contribution in [0, 0.1) is 13.8 Å². The minimum atomic E-state index is -0.0484. The van der Waals surface area contributed by atoms with E-state index in [4.69, 9.17) is 4.74 Å². The van der Waals surface area contributed by atoms with Crippen LogP contribution in [0.15, 0.2) is 18.2 Å². The van der Waals surface area contributed by atoms with Crippen molar-refractivity contribution >= 4 is 21.8 Å². The lowest BCUT2D eigenvalue weighted by Crippen LogP contribution is -2.39. The Balaban J connectivity index is 2.79. The van der Waals surface area contributed by atoms with Gasteiger partial charge in [0.1, 0.15) is 0 Å². The molecule has 1 N–H and O–H groups in total. The van der Waals surface area contributed by atoms with E-state index >= 15 is 0 Å². The van der Waals surface area contributed by atoms with Crippen molar-refractivity contribution in [2.45, 2.75) is 19.9 Å². The Bertz CT molecular complexity index is 393. The Kier molecular flexibility index (Phi) is 5.65. The van der Waals surface area contributed by atoms with Gasteiger partial charge in [-0.05, 0) is 31.0 Å². The average molecular weight is 300 g/mol. The summed E-state index contributed by atoms with van der Waals surface area (Å²) in [6.07, 6.45) is 0. The molecule has 0 fully saturated rings. The molecule has 0 bridgehead atoms. The molecule has 17 heavy (non-hydrogen) atoms. The summed E-state index contributed by atoms with van der Waals surface area (Å²) in [6, 6.07) is 5.74. The lowest BCUT2D eigenvalue weighted by atomic mass is 10.0. The maximum atomic E-state index is 12.1. The number of benzene rings is 1. The van der Waals surface area contributed by atoms with Gasteiger partial charge in [-0.15, -0.1) is 0 Å². The minimum Gasteiger partial charge on any atom is -0.383 e. The van der Waals surface area contributed by atoms with Crippen LogP contribution in [0.2, 0.25) is 0 Å². The van der Waals surface area contributed by atoms with Gasteiger partial charge in [-0.3, -0.25) is 4.79 Å². The van der Waals surface area contributed by atoms with Crippen LogP contribution >= 0.6 is 15.9 Å². The summed E-state index contributed by atoms with van der Waals surface area (Å²) in [6.45, 7) is 4.47. The van der Waals surface area contributed by atoms with E-state index in [1.54, 1.807) is 7.11 Å². The Morgan fingerprint density at radius 3 is 2.76 bits per heavy atom. The number of alkyl halides is 1. The summed E-state index contributed by atoms with van der Waals surface area (Å²) < 4.78 is 5.04. The largest absolute Gasteiger partial charge is 0.383 e. The van der Waals surface area contributed by atoms with E-state index in [1.165, 1.54) is 0 Å². The normalized spacial score (nSPS) is 12.2. The fraction of sp³-hybridized carbons (Fsp3) is 0.462. The summed E-state index contributed by atoms with van der Waals surface area (Å²) >= 11 is 3.36. The SMILES string of the molecule is COCC(CBr)NC(=O)c1cccc(C)c1C. The summed E-state index contributed by atoms with van der Waals surface area (Å²) in [4.78, 5) is 12.1. The number of carbonyl (C=O) groups excluding carboxylic acids is 1. The van der Waals surface area contributed by atoms with Crippen molar-refractivity contribution < 1.29 is 9.53 Å². The van der Waals surface area contributed by atoms with Gasteiger partial charge >= 0.3 is 0 Å². The fourth-order valence-corrected chi connectivity index (χ4v) is 1.93. The predicted octanol–water partition coefficient (Wildman–Crippen LogP) is 2.44. The van der Waals surface area contributed by atoms with Crippen LogP contribution in [-0.4, -0.2) is 31.0 Å². The quantitative estimate of drug-likeness (QED) is 0.848. The van der Waals surface area contributed by atoms with Crippen LogP contribution in [0.4, 0.5) is 0 Å². The smallest absolute Gasteiger partial charge is 0.251 e. The molecule has 1 aromatic rings. The molecule has 0 aliphatic carbocycles. The zero-order valence-electron chi connectivity index (χ0n) is 10.4. The number of aryl methyl sites for hydroxylation is 1. The van der Waals surface area contributed by atoms with Gasteiger partial charge in [0.2, 0.25) is 0 Å². The number of carbonyl (C=O) groups is 1. The van der Waals surface area contributed by atoms with Crippen LogP contribution in [0.1, 0.15) is 21.5 Å². The van der Waals surface area contributed by atoms with Crippen molar-refractivity contribution in [3.05, 3.63) is 34.9 Å². The molecule has 0 aromatic heterocycles. The zero-order chi connectivity index (χ0) is 12.8. The van der Waals surface area contributed by atoms with Crippen LogP contribution in [0.5, 0.6) is 0 Å². The van der Waals surface area contributed by atoms with Gasteiger partial charge in [0.25, 0.3) is 5.91 Å². The van der Waals surface area contributed by atoms with Crippen molar-refractivity contribution in [3.8, 4) is 0 Å². The highest BCUT2D eigenvalue weighted by molar-refractivity contribution is 9.09. The summed E-state index contributed by atoms with van der Waals surface area (Å²) in [5, 5.41) is 3.62. The van der Waals surface area contributed by atoms with Crippen LogP contribution < -0.4 is 5.32 Å². The minimum absolute atomic E-state index is 0.00703. The monoisotopic (exact) mass is 299 g/mol. The number of hydrogen-bond acceptors (Lipinski definition) is 2. The third-order valence-electron chi connectivity index (χ3n) is 2.74. The highest BCUT2D eigenvalue weighted by atomic mass is 79.9. The van der Waals surface area contributed by atoms with Crippen molar-refractivity contribution in [1.82, 2.24) is 5.32 Å². The van der Waals surface area contributed by atoms with Crippen LogP contribution in [0.3, 0.4) is 0 Å².